The zero-order chi connectivity index (χ0) is 13.2. The van der Waals surface area contributed by atoms with Gasteiger partial charge in [-0.2, -0.15) is 0 Å². The first-order valence-corrected chi connectivity index (χ1v) is 7.01. The molecule has 2 N–H and O–H groups in total. The minimum atomic E-state index is -0.466. The number of carbonyl (C=O) groups excluding carboxylic acids is 1. The second-order valence-corrected chi connectivity index (χ2v) is 6.11. The van der Waals surface area contributed by atoms with Crippen LogP contribution in [0.3, 0.4) is 0 Å². The summed E-state index contributed by atoms with van der Waals surface area (Å²) in [6, 6.07) is 0.130. The number of amides is 1. The highest BCUT2D eigenvalue weighted by Gasteiger charge is 2.31. The van der Waals surface area contributed by atoms with Gasteiger partial charge in [-0.05, 0) is 33.7 Å². The molecule has 0 unspecified atom stereocenters. The molecule has 5 nitrogen and oxygen atoms in total. The number of carbonyl (C=O) groups is 1. The molecule has 1 aliphatic rings. The summed E-state index contributed by atoms with van der Waals surface area (Å²) < 4.78 is 5.27. The molecule has 0 spiro atoms. The molecule has 2 rings (SSSR count). The number of aromatic nitrogens is 1. The molecule has 2 atom stereocenters. The van der Waals surface area contributed by atoms with Crippen LogP contribution in [0.4, 0.5) is 4.79 Å². The lowest BCUT2D eigenvalue weighted by molar-refractivity contribution is 0.0500. The van der Waals surface area contributed by atoms with Crippen LogP contribution in [-0.2, 0) is 4.74 Å². The third kappa shape index (κ3) is 3.43. The van der Waals surface area contributed by atoms with Crippen LogP contribution >= 0.6 is 11.3 Å². The van der Waals surface area contributed by atoms with Crippen LogP contribution in [0.5, 0.6) is 0 Å². The zero-order valence-electron chi connectivity index (χ0n) is 10.9. The Hall–Kier alpha value is -1.14. The quantitative estimate of drug-likeness (QED) is 0.862. The Balaban J connectivity index is 1.94. The van der Waals surface area contributed by atoms with Crippen LogP contribution in [0.25, 0.3) is 0 Å². The number of hydrogen-bond acceptors (Lipinski definition) is 5. The van der Waals surface area contributed by atoms with Crippen LogP contribution in [0.1, 0.15) is 38.9 Å². The van der Waals surface area contributed by atoms with Crippen molar-refractivity contribution in [3.63, 3.8) is 0 Å². The van der Waals surface area contributed by atoms with E-state index < -0.39 is 5.60 Å². The molecular formula is C12H19N3O2S. The first-order chi connectivity index (χ1) is 8.46. The van der Waals surface area contributed by atoms with E-state index in [1.165, 1.54) is 0 Å². The van der Waals surface area contributed by atoms with Crippen LogP contribution in [-0.4, -0.2) is 29.3 Å². The summed E-state index contributed by atoms with van der Waals surface area (Å²) in [7, 11) is 0. The molecule has 1 amide bonds. The van der Waals surface area contributed by atoms with Crippen molar-refractivity contribution in [2.24, 2.45) is 0 Å². The fourth-order valence-corrected chi connectivity index (χ4v) is 2.59. The van der Waals surface area contributed by atoms with E-state index in [2.05, 4.69) is 15.6 Å². The van der Waals surface area contributed by atoms with Gasteiger partial charge in [-0.1, -0.05) is 0 Å². The van der Waals surface area contributed by atoms with Crippen molar-refractivity contribution in [3.8, 4) is 0 Å². The Morgan fingerprint density at radius 2 is 2.39 bits per heavy atom. The fourth-order valence-electron chi connectivity index (χ4n) is 2.00. The topological polar surface area (TPSA) is 63.2 Å². The first kappa shape index (κ1) is 13.3. The van der Waals surface area contributed by atoms with Gasteiger partial charge in [0.05, 0.1) is 23.3 Å². The Morgan fingerprint density at radius 1 is 1.61 bits per heavy atom. The van der Waals surface area contributed by atoms with Gasteiger partial charge in [0, 0.05) is 5.38 Å². The Labute approximate surface area is 111 Å². The van der Waals surface area contributed by atoms with Crippen molar-refractivity contribution in [2.75, 3.05) is 6.54 Å². The van der Waals surface area contributed by atoms with Gasteiger partial charge in [-0.3, -0.25) is 0 Å². The SMILES string of the molecule is CC(C)(C)OC(=O)N[C@@H]1CCN[C@H]1c1cscn1. The maximum Gasteiger partial charge on any atom is 0.407 e. The molecule has 2 heterocycles. The van der Waals surface area contributed by atoms with Gasteiger partial charge in [0.15, 0.2) is 0 Å². The van der Waals surface area contributed by atoms with E-state index in [-0.39, 0.29) is 18.2 Å². The van der Waals surface area contributed by atoms with Gasteiger partial charge in [0.25, 0.3) is 0 Å². The lowest BCUT2D eigenvalue weighted by atomic mass is 10.1. The molecule has 100 valence electrons. The van der Waals surface area contributed by atoms with E-state index in [9.17, 15) is 4.79 Å². The summed E-state index contributed by atoms with van der Waals surface area (Å²) in [5, 5.41) is 8.27. The minimum absolute atomic E-state index is 0.0435. The molecule has 18 heavy (non-hydrogen) atoms. The standard InChI is InChI=1S/C12H19N3O2S/c1-12(2,3)17-11(16)15-8-4-5-13-10(8)9-6-18-7-14-9/h6-8,10,13H,4-5H2,1-3H3,(H,15,16)/t8-,10-/m1/s1. The van der Waals surface area contributed by atoms with Crippen molar-refractivity contribution in [1.82, 2.24) is 15.6 Å². The van der Waals surface area contributed by atoms with Crippen LogP contribution in [0.2, 0.25) is 0 Å². The number of nitrogens with zero attached hydrogens (tertiary/aromatic N) is 1. The normalized spacial score (nSPS) is 23.9. The van der Waals surface area contributed by atoms with E-state index in [0.717, 1.165) is 18.7 Å². The fraction of sp³-hybridized carbons (Fsp3) is 0.667. The van der Waals surface area contributed by atoms with E-state index >= 15 is 0 Å². The summed E-state index contributed by atoms with van der Waals surface area (Å²) in [6.45, 7) is 6.45. The van der Waals surface area contributed by atoms with Gasteiger partial charge in [0.1, 0.15) is 5.60 Å². The van der Waals surface area contributed by atoms with Crippen molar-refractivity contribution in [2.45, 2.75) is 44.9 Å². The van der Waals surface area contributed by atoms with Gasteiger partial charge >= 0.3 is 6.09 Å². The first-order valence-electron chi connectivity index (χ1n) is 6.07. The third-order valence-electron chi connectivity index (χ3n) is 2.69. The Kier molecular flexibility index (Phi) is 3.87. The second-order valence-electron chi connectivity index (χ2n) is 5.39. The maximum atomic E-state index is 11.8. The lowest BCUT2D eigenvalue weighted by Gasteiger charge is -2.23. The average molecular weight is 269 g/mol. The molecule has 0 aromatic carbocycles. The van der Waals surface area contributed by atoms with Gasteiger partial charge in [0.2, 0.25) is 0 Å². The van der Waals surface area contributed by atoms with Gasteiger partial charge in [-0.25, -0.2) is 9.78 Å². The minimum Gasteiger partial charge on any atom is -0.444 e. The number of rotatable bonds is 2. The van der Waals surface area contributed by atoms with Crippen molar-refractivity contribution < 1.29 is 9.53 Å². The average Bonchev–Trinajstić information content (AvgIpc) is 2.82. The smallest absolute Gasteiger partial charge is 0.407 e. The van der Waals surface area contributed by atoms with Crippen molar-refractivity contribution in [3.05, 3.63) is 16.6 Å². The van der Waals surface area contributed by atoms with Gasteiger partial charge in [-0.15, -0.1) is 11.3 Å². The molecular weight excluding hydrogens is 250 g/mol. The predicted octanol–water partition coefficient (Wildman–Crippen LogP) is 2.07. The molecule has 1 aromatic heterocycles. The molecule has 0 bridgehead atoms. The Morgan fingerprint density at radius 3 is 3.00 bits per heavy atom. The number of ether oxygens (including phenoxy) is 1. The largest absolute Gasteiger partial charge is 0.444 e. The summed E-state index contributed by atoms with van der Waals surface area (Å²) in [6.07, 6.45) is 0.526. The van der Waals surface area contributed by atoms with Crippen LogP contribution < -0.4 is 10.6 Å². The molecule has 0 radical (unpaired) electrons. The predicted molar refractivity (Wildman–Crippen MR) is 70.6 cm³/mol. The summed E-state index contributed by atoms with van der Waals surface area (Å²) in [5.41, 5.74) is 2.32. The van der Waals surface area contributed by atoms with E-state index in [0.29, 0.717) is 0 Å². The van der Waals surface area contributed by atoms with Crippen LogP contribution in [0.15, 0.2) is 10.9 Å². The molecule has 0 aliphatic carbocycles. The molecule has 0 saturated carbocycles. The Bertz CT molecular complexity index is 400. The summed E-state index contributed by atoms with van der Waals surface area (Å²) >= 11 is 1.56. The summed E-state index contributed by atoms with van der Waals surface area (Å²) in [4.78, 5) is 16.0. The molecule has 6 heteroatoms. The molecule has 1 fully saturated rings. The third-order valence-corrected chi connectivity index (χ3v) is 3.30. The van der Waals surface area contributed by atoms with Gasteiger partial charge < -0.3 is 15.4 Å². The monoisotopic (exact) mass is 269 g/mol. The van der Waals surface area contributed by atoms with E-state index in [1.54, 1.807) is 16.8 Å². The number of hydrogen-bond donors (Lipinski definition) is 2. The van der Waals surface area contributed by atoms with Crippen molar-refractivity contribution >= 4 is 17.4 Å². The number of thiazole rings is 1. The number of alkyl carbamates (subject to hydrolysis) is 1. The van der Waals surface area contributed by atoms with E-state index in [4.69, 9.17) is 4.74 Å². The molecule has 1 saturated heterocycles. The lowest BCUT2D eigenvalue weighted by Crippen LogP contribution is -2.41. The van der Waals surface area contributed by atoms with Crippen LogP contribution in [0, 0.1) is 0 Å². The molecule has 1 aliphatic heterocycles. The highest BCUT2D eigenvalue weighted by Crippen LogP contribution is 2.23. The maximum absolute atomic E-state index is 11.8. The van der Waals surface area contributed by atoms with E-state index in [1.807, 2.05) is 26.2 Å². The zero-order valence-corrected chi connectivity index (χ0v) is 11.7. The second kappa shape index (κ2) is 5.24. The number of nitrogens with one attached hydrogen (secondary N) is 2. The summed E-state index contributed by atoms with van der Waals surface area (Å²) in [5.74, 6) is 0. The van der Waals surface area contributed by atoms with Crippen molar-refractivity contribution in [1.29, 1.82) is 0 Å². The molecule has 1 aromatic rings. The highest BCUT2D eigenvalue weighted by atomic mass is 32.1. The highest BCUT2D eigenvalue weighted by molar-refractivity contribution is 7.07.